The molecule has 0 aliphatic rings. The van der Waals surface area contributed by atoms with Crippen LogP contribution in [0.15, 0.2) is 66.0 Å². The Balaban J connectivity index is 1.69. The minimum absolute atomic E-state index is 0.172. The second kappa shape index (κ2) is 9.98. The van der Waals surface area contributed by atoms with Gasteiger partial charge in [0, 0.05) is 11.1 Å². The summed E-state index contributed by atoms with van der Waals surface area (Å²) >= 11 is 0. The van der Waals surface area contributed by atoms with E-state index in [1.54, 1.807) is 19.5 Å². The fourth-order valence-corrected chi connectivity index (χ4v) is 2.52. The number of hydrogen-bond acceptors (Lipinski definition) is 6. The van der Waals surface area contributed by atoms with Gasteiger partial charge in [0.2, 0.25) is 0 Å². The van der Waals surface area contributed by atoms with Crippen LogP contribution in [0, 0.1) is 0 Å². The number of carbonyl (C=O) groups is 1. The molecule has 1 heterocycles. The lowest BCUT2D eigenvalue weighted by Gasteiger charge is -2.07. The van der Waals surface area contributed by atoms with E-state index in [4.69, 9.17) is 9.47 Å². The zero-order valence-corrected chi connectivity index (χ0v) is 16.3. The monoisotopic (exact) mass is 390 g/mol. The first kappa shape index (κ1) is 20.0. The van der Waals surface area contributed by atoms with E-state index in [1.165, 1.54) is 6.20 Å². The molecule has 0 bridgehead atoms. The molecule has 7 nitrogen and oxygen atoms in total. The van der Waals surface area contributed by atoms with Crippen LogP contribution in [-0.2, 0) is 0 Å². The Labute approximate surface area is 169 Å². The number of carbonyl (C=O) groups excluding carboxylic acids is 1. The van der Waals surface area contributed by atoms with Gasteiger partial charge in [-0.2, -0.15) is 5.10 Å². The lowest BCUT2D eigenvalue weighted by Crippen LogP contribution is -2.19. The number of benzene rings is 2. The molecule has 1 aromatic heterocycles. The molecule has 0 spiro atoms. The van der Waals surface area contributed by atoms with Crippen LogP contribution in [0.1, 0.15) is 29.4 Å². The molecule has 0 atom stereocenters. The zero-order chi connectivity index (χ0) is 20.5. The van der Waals surface area contributed by atoms with Gasteiger partial charge in [0.25, 0.3) is 5.91 Å². The maximum Gasteiger partial charge on any atom is 0.291 e. The molecule has 0 radical (unpaired) electrons. The van der Waals surface area contributed by atoms with Crippen LogP contribution in [0.4, 0.5) is 0 Å². The van der Waals surface area contributed by atoms with E-state index in [1.807, 2.05) is 55.5 Å². The van der Waals surface area contributed by atoms with Gasteiger partial charge in [-0.05, 0) is 42.8 Å². The van der Waals surface area contributed by atoms with Gasteiger partial charge in [-0.15, -0.1) is 0 Å². The van der Waals surface area contributed by atoms with Crippen LogP contribution < -0.4 is 14.9 Å². The second-order valence-electron chi connectivity index (χ2n) is 6.10. The zero-order valence-electron chi connectivity index (χ0n) is 16.3. The highest BCUT2D eigenvalue weighted by Crippen LogP contribution is 2.20. The minimum atomic E-state index is -0.448. The van der Waals surface area contributed by atoms with Crippen molar-refractivity contribution in [2.24, 2.45) is 5.10 Å². The average molecular weight is 390 g/mol. The molecule has 0 aliphatic heterocycles. The van der Waals surface area contributed by atoms with Crippen molar-refractivity contribution in [2.45, 2.75) is 13.3 Å². The van der Waals surface area contributed by atoms with E-state index in [0.29, 0.717) is 18.1 Å². The lowest BCUT2D eigenvalue weighted by atomic mass is 10.1. The Bertz CT molecular complexity index is 987. The number of hydrazone groups is 1. The van der Waals surface area contributed by atoms with E-state index in [2.05, 4.69) is 20.5 Å². The van der Waals surface area contributed by atoms with Crippen LogP contribution in [0.3, 0.4) is 0 Å². The number of amides is 1. The molecule has 0 saturated carbocycles. The van der Waals surface area contributed by atoms with Gasteiger partial charge >= 0.3 is 0 Å². The summed E-state index contributed by atoms with van der Waals surface area (Å²) in [4.78, 5) is 20.9. The molecule has 0 aliphatic carbocycles. The standard InChI is InChI=1S/C22H22N4O3/c1-3-12-29-21-7-5-4-6-17(21)13-24-26-22(27)20-15-23-14-19(25-20)16-8-10-18(28-2)11-9-16/h4-11,13-15H,3,12H2,1-2H3,(H,26,27)/b24-13+. The quantitative estimate of drug-likeness (QED) is 0.468. The molecule has 0 fully saturated rings. The van der Waals surface area contributed by atoms with E-state index in [9.17, 15) is 4.79 Å². The number of nitrogens with zero attached hydrogens (tertiary/aromatic N) is 3. The fourth-order valence-electron chi connectivity index (χ4n) is 2.52. The number of methoxy groups -OCH3 is 1. The highest BCUT2D eigenvalue weighted by atomic mass is 16.5. The normalized spacial score (nSPS) is 10.7. The predicted molar refractivity (Wildman–Crippen MR) is 111 cm³/mol. The largest absolute Gasteiger partial charge is 0.497 e. The first-order valence-electron chi connectivity index (χ1n) is 9.23. The third-order valence-electron chi connectivity index (χ3n) is 4.00. The second-order valence-corrected chi connectivity index (χ2v) is 6.10. The molecular weight excluding hydrogens is 368 g/mol. The summed E-state index contributed by atoms with van der Waals surface area (Å²) in [6, 6.07) is 14.9. The van der Waals surface area contributed by atoms with E-state index < -0.39 is 5.91 Å². The Kier molecular flexibility index (Phi) is 6.89. The van der Waals surface area contributed by atoms with Crippen molar-refractivity contribution in [3.8, 4) is 22.8 Å². The number of nitrogens with one attached hydrogen (secondary N) is 1. The highest BCUT2D eigenvalue weighted by Gasteiger charge is 2.09. The lowest BCUT2D eigenvalue weighted by molar-refractivity contribution is 0.0950. The maximum absolute atomic E-state index is 12.4. The van der Waals surface area contributed by atoms with Crippen LogP contribution in [0.2, 0.25) is 0 Å². The van der Waals surface area contributed by atoms with Gasteiger partial charge in [-0.3, -0.25) is 9.78 Å². The minimum Gasteiger partial charge on any atom is -0.497 e. The van der Waals surface area contributed by atoms with Gasteiger partial charge in [0.1, 0.15) is 17.2 Å². The van der Waals surface area contributed by atoms with Crippen molar-refractivity contribution in [1.82, 2.24) is 15.4 Å². The summed E-state index contributed by atoms with van der Waals surface area (Å²) in [5.41, 5.74) is 4.85. The number of aromatic nitrogens is 2. The van der Waals surface area contributed by atoms with Crippen molar-refractivity contribution in [2.75, 3.05) is 13.7 Å². The third-order valence-corrected chi connectivity index (χ3v) is 4.00. The van der Waals surface area contributed by atoms with Gasteiger partial charge in [0.05, 0.1) is 38.0 Å². The van der Waals surface area contributed by atoms with Crippen molar-refractivity contribution in [3.63, 3.8) is 0 Å². The number of ether oxygens (including phenoxy) is 2. The Morgan fingerprint density at radius 3 is 2.69 bits per heavy atom. The summed E-state index contributed by atoms with van der Waals surface area (Å²) in [5.74, 6) is 1.01. The molecule has 3 aromatic rings. The van der Waals surface area contributed by atoms with Crippen molar-refractivity contribution >= 4 is 12.1 Å². The predicted octanol–water partition coefficient (Wildman–Crippen LogP) is 3.70. The molecule has 0 unspecified atom stereocenters. The molecule has 7 heteroatoms. The maximum atomic E-state index is 12.4. The first-order valence-corrected chi connectivity index (χ1v) is 9.23. The first-order chi connectivity index (χ1) is 14.2. The summed E-state index contributed by atoms with van der Waals surface area (Å²) in [7, 11) is 1.61. The van der Waals surface area contributed by atoms with Gasteiger partial charge in [-0.1, -0.05) is 19.1 Å². The van der Waals surface area contributed by atoms with E-state index in [-0.39, 0.29) is 5.69 Å². The Morgan fingerprint density at radius 1 is 1.14 bits per heavy atom. The van der Waals surface area contributed by atoms with Crippen LogP contribution >= 0.6 is 0 Å². The van der Waals surface area contributed by atoms with Gasteiger partial charge in [0.15, 0.2) is 0 Å². The molecular formula is C22H22N4O3. The van der Waals surface area contributed by atoms with Crippen LogP contribution in [0.25, 0.3) is 11.3 Å². The summed E-state index contributed by atoms with van der Waals surface area (Å²) in [5, 5.41) is 4.02. The molecule has 3 rings (SSSR count). The average Bonchev–Trinajstić information content (AvgIpc) is 2.78. The number of hydrogen-bond donors (Lipinski definition) is 1. The highest BCUT2D eigenvalue weighted by molar-refractivity contribution is 5.93. The Morgan fingerprint density at radius 2 is 1.93 bits per heavy atom. The van der Waals surface area contributed by atoms with Crippen LogP contribution in [-0.4, -0.2) is 35.8 Å². The van der Waals surface area contributed by atoms with Gasteiger partial charge < -0.3 is 9.47 Å². The summed E-state index contributed by atoms with van der Waals surface area (Å²) < 4.78 is 10.8. The summed E-state index contributed by atoms with van der Waals surface area (Å²) in [6.07, 6.45) is 5.45. The number of rotatable bonds is 8. The SMILES string of the molecule is CCCOc1ccccc1/C=N/NC(=O)c1cncc(-c2ccc(OC)cc2)n1. The molecule has 29 heavy (non-hydrogen) atoms. The van der Waals surface area contributed by atoms with E-state index >= 15 is 0 Å². The smallest absolute Gasteiger partial charge is 0.291 e. The molecule has 1 N–H and O–H groups in total. The Hall–Kier alpha value is -3.74. The molecule has 148 valence electrons. The van der Waals surface area contributed by atoms with Crippen molar-refractivity contribution < 1.29 is 14.3 Å². The van der Waals surface area contributed by atoms with Crippen molar-refractivity contribution in [3.05, 3.63) is 72.2 Å². The van der Waals surface area contributed by atoms with Crippen molar-refractivity contribution in [1.29, 1.82) is 0 Å². The van der Waals surface area contributed by atoms with Gasteiger partial charge in [-0.25, -0.2) is 10.4 Å². The third kappa shape index (κ3) is 5.38. The fraction of sp³-hybridized carbons (Fsp3) is 0.182. The van der Waals surface area contributed by atoms with E-state index in [0.717, 1.165) is 23.3 Å². The van der Waals surface area contributed by atoms with Crippen LogP contribution in [0.5, 0.6) is 11.5 Å². The number of para-hydroxylation sites is 1. The summed E-state index contributed by atoms with van der Waals surface area (Å²) in [6.45, 7) is 2.66. The molecule has 2 aromatic carbocycles. The molecule has 1 amide bonds. The molecule has 0 saturated heterocycles. The topological polar surface area (TPSA) is 85.7 Å².